The Morgan fingerprint density at radius 1 is 1.18 bits per heavy atom. The molecular weight excluding hydrogens is 354 g/mol. The molecule has 0 unspecified atom stereocenters. The van der Waals surface area contributed by atoms with Gasteiger partial charge in [0.2, 0.25) is 0 Å². The fourth-order valence-corrected chi connectivity index (χ4v) is 3.23. The molecule has 6 heteroatoms. The third-order valence-electron chi connectivity index (χ3n) is 4.47. The number of aromatic nitrogens is 1. The topological polar surface area (TPSA) is 77.9 Å². The molecule has 1 aromatic heterocycles. The molecule has 0 fully saturated rings. The summed E-state index contributed by atoms with van der Waals surface area (Å²) in [5, 5.41) is 15.9. The zero-order valence-corrected chi connectivity index (χ0v) is 16.4. The molecule has 0 saturated carbocycles. The average Bonchev–Trinajstić information content (AvgIpc) is 3.11. The number of rotatable bonds is 7. The van der Waals surface area contributed by atoms with Gasteiger partial charge in [0.25, 0.3) is 5.91 Å². The van der Waals surface area contributed by atoms with Gasteiger partial charge in [-0.15, -0.1) is 0 Å². The number of carbonyl (C=O) groups is 1. The van der Waals surface area contributed by atoms with E-state index in [9.17, 15) is 9.90 Å². The lowest BCUT2D eigenvalue weighted by atomic mass is 10.1. The quantitative estimate of drug-likeness (QED) is 0.488. The first kappa shape index (κ1) is 19.6. The Bertz CT molecular complexity index is 984. The minimum absolute atomic E-state index is 0.106. The molecule has 28 heavy (non-hydrogen) atoms. The molecule has 2 aromatic carbocycles. The molecule has 146 valence electrons. The second kappa shape index (κ2) is 8.71. The number of ether oxygens (including phenoxy) is 1. The Hall–Kier alpha value is -3.12. The molecular formula is C22H25N3O3. The summed E-state index contributed by atoms with van der Waals surface area (Å²) < 4.78 is 5.76. The summed E-state index contributed by atoms with van der Waals surface area (Å²) in [4.78, 5) is 15.7. The highest BCUT2D eigenvalue weighted by atomic mass is 16.5. The van der Waals surface area contributed by atoms with E-state index in [0.717, 1.165) is 33.2 Å². The van der Waals surface area contributed by atoms with E-state index in [1.54, 1.807) is 6.21 Å². The van der Waals surface area contributed by atoms with Gasteiger partial charge in [-0.25, -0.2) is 5.01 Å². The molecule has 0 aliphatic heterocycles. The summed E-state index contributed by atoms with van der Waals surface area (Å²) in [6.45, 7) is 5.73. The van der Waals surface area contributed by atoms with Gasteiger partial charge in [-0.2, -0.15) is 5.10 Å². The maximum atomic E-state index is 12.6. The van der Waals surface area contributed by atoms with Crippen LogP contribution in [0.5, 0.6) is 5.75 Å². The molecule has 0 spiro atoms. The van der Waals surface area contributed by atoms with Crippen LogP contribution in [0.4, 0.5) is 0 Å². The van der Waals surface area contributed by atoms with E-state index in [4.69, 9.17) is 4.74 Å². The Morgan fingerprint density at radius 3 is 2.64 bits per heavy atom. The summed E-state index contributed by atoms with van der Waals surface area (Å²) in [6, 6.07) is 11.9. The molecule has 0 aliphatic carbocycles. The number of aliphatic hydroxyl groups excluding tert-OH is 1. The largest absolute Gasteiger partial charge is 0.483 e. The normalized spacial score (nSPS) is 11.3. The van der Waals surface area contributed by atoms with E-state index in [1.165, 1.54) is 5.01 Å². The van der Waals surface area contributed by atoms with Gasteiger partial charge >= 0.3 is 0 Å². The van der Waals surface area contributed by atoms with Crippen LogP contribution in [0.2, 0.25) is 0 Å². The van der Waals surface area contributed by atoms with Crippen molar-refractivity contribution in [2.45, 2.75) is 20.8 Å². The molecule has 2 N–H and O–H groups in total. The average molecular weight is 379 g/mol. The molecule has 3 aromatic rings. The highest BCUT2D eigenvalue weighted by molar-refractivity contribution is 5.89. The highest BCUT2D eigenvalue weighted by Crippen LogP contribution is 2.24. The van der Waals surface area contributed by atoms with Gasteiger partial charge in [0.05, 0.1) is 19.4 Å². The first-order valence-electron chi connectivity index (χ1n) is 9.21. The Morgan fingerprint density at radius 2 is 1.93 bits per heavy atom. The van der Waals surface area contributed by atoms with Gasteiger partial charge in [-0.1, -0.05) is 29.8 Å². The number of nitrogens with one attached hydrogen (secondary N) is 1. The number of aliphatic hydroxyl groups is 1. The van der Waals surface area contributed by atoms with Crippen molar-refractivity contribution in [1.82, 2.24) is 9.99 Å². The molecule has 1 amide bonds. The predicted molar refractivity (Wildman–Crippen MR) is 111 cm³/mol. The van der Waals surface area contributed by atoms with E-state index < -0.39 is 0 Å². The number of carbonyl (C=O) groups excluding carboxylic acids is 1. The number of amides is 1. The van der Waals surface area contributed by atoms with Crippen molar-refractivity contribution in [1.29, 1.82) is 0 Å². The number of hydrogen-bond donors (Lipinski definition) is 2. The number of aryl methyl sites for hydroxylation is 3. The van der Waals surface area contributed by atoms with Crippen LogP contribution in [0.25, 0.3) is 10.9 Å². The predicted octanol–water partition coefficient (Wildman–Crippen LogP) is 3.33. The van der Waals surface area contributed by atoms with Gasteiger partial charge in [0.1, 0.15) is 5.75 Å². The lowest BCUT2D eigenvalue weighted by Gasteiger charge is -2.18. The third-order valence-corrected chi connectivity index (χ3v) is 4.47. The summed E-state index contributed by atoms with van der Waals surface area (Å²) in [5.41, 5.74) is 4.98. The molecule has 6 nitrogen and oxygen atoms in total. The fraction of sp³-hybridized carbons (Fsp3) is 0.273. The zero-order chi connectivity index (χ0) is 20.1. The summed E-state index contributed by atoms with van der Waals surface area (Å²) >= 11 is 0. The van der Waals surface area contributed by atoms with Crippen molar-refractivity contribution in [3.05, 3.63) is 64.8 Å². The highest BCUT2D eigenvalue weighted by Gasteiger charge is 2.14. The van der Waals surface area contributed by atoms with Gasteiger partial charge < -0.3 is 14.8 Å². The minimum Gasteiger partial charge on any atom is -0.483 e. The number of aromatic amines is 1. The molecule has 0 atom stereocenters. The van der Waals surface area contributed by atoms with Gasteiger partial charge in [-0.3, -0.25) is 4.79 Å². The molecule has 0 aliphatic rings. The number of fused-ring (bicyclic) bond motifs is 1. The number of H-pyrrole nitrogens is 1. The first-order chi connectivity index (χ1) is 13.5. The van der Waals surface area contributed by atoms with Crippen molar-refractivity contribution in [3.8, 4) is 5.75 Å². The van der Waals surface area contributed by atoms with Crippen LogP contribution in [-0.2, 0) is 4.79 Å². The molecule has 3 rings (SSSR count). The van der Waals surface area contributed by atoms with Crippen LogP contribution in [0.3, 0.4) is 0 Å². The summed E-state index contributed by atoms with van der Waals surface area (Å²) in [6.07, 6.45) is 3.48. The van der Waals surface area contributed by atoms with Crippen LogP contribution >= 0.6 is 0 Å². The molecule has 1 heterocycles. The zero-order valence-electron chi connectivity index (χ0n) is 16.4. The third kappa shape index (κ3) is 4.58. The second-order valence-corrected chi connectivity index (χ2v) is 6.83. The van der Waals surface area contributed by atoms with E-state index in [1.807, 2.05) is 63.4 Å². The molecule has 0 radical (unpaired) electrons. The van der Waals surface area contributed by atoms with E-state index in [0.29, 0.717) is 5.75 Å². The van der Waals surface area contributed by atoms with Gasteiger partial charge in [-0.05, 0) is 55.0 Å². The lowest BCUT2D eigenvalue weighted by molar-refractivity contribution is -0.133. The SMILES string of the molecule is Cc1cc(C)c(OCC(=O)N(CCO)/N=C/c2ccc3cc[nH]c3c2)c(C)c1. The van der Waals surface area contributed by atoms with Gasteiger partial charge in [0.15, 0.2) is 6.61 Å². The van der Waals surface area contributed by atoms with E-state index in [2.05, 4.69) is 10.1 Å². The lowest BCUT2D eigenvalue weighted by Crippen LogP contribution is -2.33. The number of benzene rings is 2. The number of nitrogens with zero attached hydrogens (tertiary/aromatic N) is 2. The Labute approximate surface area is 164 Å². The van der Waals surface area contributed by atoms with Gasteiger partial charge in [0, 0.05) is 11.7 Å². The van der Waals surface area contributed by atoms with Crippen LogP contribution in [0, 0.1) is 20.8 Å². The Balaban J connectivity index is 1.69. The van der Waals surface area contributed by atoms with Crippen molar-refractivity contribution in [3.63, 3.8) is 0 Å². The van der Waals surface area contributed by atoms with Crippen LogP contribution < -0.4 is 4.74 Å². The van der Waals surface area contributed by atoms with Crippen molar-refractivity contribution < 1.29 is 14.6 Å². The maximum Gasteiger partial charge on any atom is 0.280 e. The molecule has 0 bridgehead atoms. The summed E-state index contributed by atoms with van der Waals surface area (Å²) in [7, 11) is 0. The van der Waals surface area contributed by atoms with Crippen LogP contribution in [0.15, 0.2) is 47.7 Å². The smallest absolute Gasteiger partial charge is 0.280 e. The van der Waals surface area contributed by atoms with Crippen LogP contribution in [-0.4, -0.2) is 47.0 Å². The second-order valence-electron chi connectivity index (χ2n) is 6.83. The van der Waals surface area contributed by atoms with E-state index >= 15 is 0 Å². The fourth-order valence-electron chi connectivity index (χ4n) is 3.23. The number of hydrazone groups is 1. The van der Waals surface area contributed by atoms with Crippen molar-refractivity contribution >= 4 is 23.0 Å². The monoisotopic (exact) mass is 379 g/mol. The Kier molecular flexibility index (Phi) is 6.11. The standard InChI is InChI=1S/C22H25N3O3/c1-15-10-16(2)22(17(3)11-15)28-14-21(27)25(8-9-26)24-13-18-4-5-19-6-7-23-20(19)12-18/h4-7,10-13,23,26H,8-9,14H2,1-3H3/b24-13+. The summed E-state index contributed by atoms with van der Waals surface area (Å²) in [5.74, 6) is 0.398. The van der Waals surface area contributed by atoms with Crippen molar-refractivity contribution in [2.75, 3.05) is 19.8 Å². The maximum absolute atomic E-state index is 12.6. The first-order valence-corrected chi connectivity index (χ1v) is 9.21. The number of hydrogen-bond acceptors (Lipinski definition) is 4. The van der Waals surface area contributed by atoms with Crippen molar-refractivity contribution in [2.24, 2.45) is 5.10 Å². The van der Waals surface area contributed by atoms with E-state index in [-0.39, 0.29) is 25.7 Å². The minimum atomic E-state index is -0.314. The van der Waals surface area contributed by atoms with Crippen LogP contribution in [0.1, 0.15) is 22.3 Å². The molecule has 0 saturated heterocycles.